The van der Waals surface area contributed by atoms with Gasteiger partial charge in [-0.2, -0.15) is 0 Å². The summed E-state index contributed by atoms with van der Waals surface area (Å²) in [5, 5.41) is 3.21. The molecular weight excluding hydrogens is 804 g/mol. The highest BCUT2D eigenvalue weighted by Crippen LogP contribution is 2.48. The number of Topliss-reactive ketones (excluding diaryl/α,β-unsaturated/α-hetero) is 2. The number of benzene rings is 4. The zero-order valence-electron chi connectivity index (χ0n) is 35.5. The van der Waals surface area contributed by atoms with Crippen LogP contribution in [0, 0.1) is 5.82 Å². The summed E-state index contributed by atoms with van der Waals surface area (Å²) in [7, 11) is -2.19. The maximum Gasteiger partial charge on any atom is 0.255 e. The fourth-order valence-electron chi connectivity index (χ4n) is 6.58. The van der Waals surface area contributed by atoms with Gasteiger partial charge in [0.25, 0.3) is 5.91 Å². The lowest BCUT2D eigenvalue weighted by Gasteiger charge is -2.25. The first-order chi connectivity index (χ1) is 29.3. The van der Waals surface area contributed by atoms with Gasteiger partial charge >= 0.3 is 0 Å². The number of rotatable bonds is 22. The third kappa shape index (κ3) is 13.6. The van der Waals surface area contributed by atoms with Crippen molar-refractivity contribution in [3.05, 3.63) is 124 Å². The normalized spacial score (nSPS) is 12.5. The van der Waals surface area contributed by atoms with E-state index in [1.807, 2.05) is 42.5 Å². The van der Waals surface area contributed by atoms with Crippen molar-refractivity contribution < 1.29 is 50.6 Å². The van der Waals surface area contributed by atoms with E-state index in [4.69, 9.17) is 23.4 Å². The molecule has 1 saturated carbocycles. The third-order valence-electron chi connectivity index (χ3n) is 9.82. The number of furan rings is 1. The molecule has 1 heterocycles. The Kier molecular flexibility index (Phi) is 17.3. The molecule has 0 radical (unpaired) electrons. The number of halogens is 1. The van der Waals surface area contributed by atoms with Crippen molar-refractivity contribution in [2.75, 3.05) is 63.8 Å². The van der Waals surface area contributed by atoms with Crippen molar-refractivity contribution in [1.29, 1.82) is 0 Å². The zero-order chi connectivity index (χ0) is 43.9. The lowest BCUT2D eigenvalue weighted by atomic mass is 10.0. The van der Waals surface area contributed by atoms with Gasteiger partial charge < -0.3 is 28.7 Å². The topological polar surface area (TPSA) is 151 Å². The number of carbonyl (C=O) groups is 3. The first-order valence-corrected chi connectivity index (χ1v) is 22.2. The quantitative estimate of drug-likeness (QED) is 0.0530. The Balaban J connectivity index is 0.000000348. The molecule has 1 amide bonds. The van der Waals surface area contributed by atoms with Crippen molar-refractivity contribution in [1.82, 2.24) is 5.32 Å². The lowest BCUT2D eigenvalue weighted by Crippen LogP contribution is -2.34. The van der Waals surface area contributed by atoms with Crippen LogP contribution < -0.4 is 9.62 Å². The van der Waals surface area contributed by atoms with Gasteiger partial charge in [0.15, 0.2) is 11.6 Å². The summed E-state index contributed by atoms with van der Waals surface area (Å²) in [6, 6.07) is 23.9. The first-order valence-electron chi connectivity index (χ1n) is 20.4. The van der Waals surface area contributed by atoms with E-state index in [0.717, 1.165) is 54.4 Å². The van der Waals surface area contributed by atoms with E-state index >= 15 is 0 Å². The summed E-state index contributed by atoms with van der Waals surface area (Å²) in [5.41, 5.74) is 5.73. The highest BCUT2D eigenvalue weighted by atomic mass is 32.2. The van der Waals surface area contributed by atoms with E-state index in [9.17, 15) is 27.2 Å². The number of hydrogen-bond acceptors (Lipinski definition) is 10. The van der Waals surface area contributed by atoms with Crippen LogP contribution in [0.1, 0.15) is 93.7 Å². The van der Waals surface area contributed by atoms with Gasteiger partial charge in [0, 0.05) is 41.8 Å². The number of carbonyl (C=O) groups excluding carboxylic acids is 3. The predicted molar refractivity (Wildman–Crippen MR) is 233 cm³/mol. The zero-order valence-corrected chi connectivity index (χ0v) is 36.3. The van der Waals surface area contributed by atoms with E-state index in [1.54, 1.807) is 25.1 Å². The number of hydrogen-bond donors (Lipinski definition) is 1. The molecule has 0 spiro atoms. The summed E-state index contributed by atoms with van der Waals surface area (Å²) < 4.78 is 69.3. The largest absolute Gasteiger partial charge is 0.455 e. The molecule has 12 nitrogen and oxygen atoms in total. The summed E-state index contributed by atoms with van der Waals surface area (Å²) >= 11 is 0. The number of fused-ring (bicyclic) bond motifs is 1. The van der Waals surface area contributed by atoms with Crippen LogP contribution in [-0.2, 0) is 42.2 Å². The molecule has 0 saturated heterocycles. The molecule has 1 aromatic heterocycles. The fourth-order valence-corrected chi connectivity index (χ4v) is 7.50. The fraction of sp³-hybridized carbons (Fsp3) is 0.383. The summed E-state index contributed by atoms with van der Waals surface area (Å²) in [6.45, 7) is 8.75. The number of ether oxygens (including phenoxy) is 4. The molecule has 326 valence electrons. The second-order valence-corrected chi connectivity index (χ2v) is 16.7. The Hall–Kier alpha value is -5.25. The van der Waals surface area contributed by atoms with Crippen LogP contribution >= 0.6 is 0 Å². The molecule has 5 aromatic rings. The van der Waals surface area contributed by atoms with Gasteiger partial charge in [-0.15, -0.1) is 0 Å². The highest BCUT2D eigenvalue weighted by molar-refractivity contribution is 7.92. The van der Waals surface area contributed by atoms with Gasteiger partial charge in [-0.05, 0) is 98.2 Å². The smallest absolute Gasteiger partial charge is 0.255 e. The molecule has 6 rings (SSSR count). The van der Waals surface area contributed by atoms with Crippen molar-refractivity contribution in [3.63, 3.8) is 0 Å². The van der Waals surface area contributed by atoms with Crippen LogP contribution in [0.4, 0.5) is 10.1 Å². The molecule has 14 heteroatoms. The number of sulfonamides is 1. The molecular formula is C47H55FN2O10S. The van der Waals surface area contributed by atoms with E-state index in [2.05, 4.69) is 12.2 Å². The van der Waals surface area contributed by atoms with E-state index in [0.29, 0.717) is 66.4 Å². The van der Waals surface area contributed by atoms with Gasteiger partial charge in [0.05, 0.1) is 70.3 Å². The molecule has 0 atom stereocenters. The summed E-state index contributed by atoms with van der Waals surface area (Å²) in [4.78, 5) is 35.8. The van der Waals surface area contributed by atoms with Gasteiger partial charge in [0.2, 0.25) is 10.0 Å². The monoisotopic (exact) mass is 858 g/mol. The Morgan fingerprint density at radius 1 is 0.770 bits per heavy atom. The van der Waals surface area contributed by atoms with Crippen molar-refractivity contribution in [2.24, 2.45) is 0 Å². The van der Waals surface area contributed by atoms with Gasteiger partial charge in [-0.3, -0.25) is 18.7 Å². The molecule has 0 aliphatic heterocycles. The van der Waals surface area contributed by atoms with Gasteiger partial charge in [-0.25, -0.2) is 12.8 Å². The van der Waals surface area contributed by atoms with Crippen molar-refractivity contribution in [2.45, 2.75) is 59.2 Å². The minimum absolute atomic E-state index is 0.0122. The van der Waals surface area contributed by atoms with Crippen LogP contribution in [0.25, 0.3) is 22.3 Å². The highest BCUT2D eigenvalue weighted by Gasteiger charge is 2.33. The average molecular weight is 859 g/mol. The SMILES string of the molecule is CCCOCCOCc1cccc(C(C)=O)c1.CNC(=O)c1c(-c2ccc(F)cc2)oc2cc(N(CCOCCOCc3cccc(C(C)=O)c3)S(C)(=O)=O)c(C3CC3)cc12. The second kappa shape index (κ2) is 22.6. The van der Waals surface area contributed by atoms with Gasteiger partial charge in [-0.1, -0.05) is 43.3 Å². The molecule has 4 aromatic carbocycles. The molecule has 0 unspecified atom stereocenters. The molecule has 0 bridgehead atoms. The molecule has 1 fully saturated rings. The van der Waals surface area contributed by atoms with Crippen molar-refractivity contribution in [3.8, 4) is 11.3 Å². The van der Waals surface area contributed by atoms with E-state index < -0.39 is 15.8 Å². The first kappa shape index (κ1) is 46.8. The molecule has 61 heavy (non-hydrogen) atoms. The Labute approximate surface area is 357 Å². The number of ketones is 2. The predicted octanol–water partition coefficient (Wildman–Crippen LogP) is 8.51. The summed E-state index contributed by atoms with van der Waals surface area (Å²) in [5.74, 6) is -0.280. The summed E-state index contributed by atoms with van der Waals surface area (Å²) in [6.07, 6.45) is 3.98. The van der Waals surface area contributed by atoms with Crippen LogP contribution in [-0.4, -0.2) is 85.4 Å². The second-order valence-electron chi connectivity index (χ2n) is 14.8. The van der Waals surface area contributed by atoms with E-state index in [1.165, 1.54) is 42.5 Å². The standard InChI is InChI=1S/C33H35FN2O7S.C14H20O3/c1-21(37)25-6-4-5-22(17-25)20-42-16-15-41-14-13-36(44(3,39)40)29-19-30-28(18-27(29)23-7-8-23)31(33(38)35-2)32(43-30)24-9-11-26(34)12-10-24;1-3-7-16-8-9-17-11-13-5-4-6-14(10-13)12(2)15/h4-6,9-12,17-19,23H,7-8,13-16,20H2,1-3H3,(H,35,38);4-6,10H,3,7-9,11H2,1-2H3. The van der Waals surface area contributed by atoms with E-state index in [-0.39, 0.29) is 48.9 Å². The third-order valence-corrected chi connectivity index (χ3v) is 11.0. The van der Waals surface area contributed by atoms with Crippen LogP contribution in [0.2, 0.25) is 0 Å². The number of nitrogens with one attached hydrogen (secondary N) is 1. The Bertz CT molecular complexity index is 2370. The Morgan fingerprint density at radius 3 is 1.84 bits per heavy atom. The van der Waals surface area contributed by atoms with Crippen LogP contribution in [0.15, 0.2) is 89.3 Å². The molecule has 1 aliphatic carbocycles. The number of amides is 1. The Morgan fingerprint density at radius 2 is 1.33 bits per heavy atom. The van der Waals surface area contributed by atoms with Crippen LogP contribution in [0.5, 0.6) is 0 Å². The molecule has 1 N–H and O–H groups in total. The minimum Gasteiger partial charge on any atom is -0.455 e. The van der Waals surface area contributed by atoms with Crippen LogP contribution in [0.3, 0.4) is 0 Å². The number of nitrogens with zero attached hydrogens (tertiary/aromatic N) is 1. The maximum absolute atomic E-state index is 13.6. The lowest BCUT2D eigenvalue weighted by molar-refractivity contribution is 0.0408. The van der Waals surface area contributed by atoms with Crippen molar-refractivity contribution >= 4 is 44.2 Å². The molecule has 1 aliphatic rings. The average Bonchev–Trinajstić information content (AvgIpc) is 4.02. The number of anilines is 1. The van der Waals surface area contributed by atoms with Gasteiger partial charge in [0.1, 0.15) is 17.2 Å². The maximum atomic E-state index is 13.6. The minimum atomic E-state index is -3.71.